The number of aryl methyl sites for hydroxylation is 2. The van der Waals surface area contributed by atoms with E-state index < -0.39 is 17.4 Å². The molecule has 0 aliphatic heterocycles. The molecular formula is C16H20F2N2O3. The molecule has 1 aromatic rings. The number of anilines is 2. The Hall–Kier alpha value is -2.02. The van der Waals surface area contributed by atoms with Crippen molar-refractivity contribution in [2.75, 3.05) is 10.6 Å². The minimum Gasteiger partial charge on any atom is -0.383 e. The summed E-state index contributed by atoms with van der Waals surface area (Å²) in [6.07, 6.45) is 0.295. The predicted molar refractivity (Wildman–Crippen MR) is 82.6 cm³/mol. The van der Waals surface area contributed by atoms with Crippen LogP contribution in [0.4, 0.5) is 20.2 Å². The van der Waals surface area contributed by atoms with Crippen LogP contribution < -0.4 is 10.6 Å². The molecule has 1 aromatic carbocycles. The Morgan fingerprint density at radius 1 is 1.17 bits per heavy atom. The molecule has 2 amide bonds. The molecule has 0 atom stereocenters. The van der Waals surface area contributed by atoms with Crippen molar-refractivity contribution < 1.29 is 23.5 Å². The number of nitrogens with one attached hydrogen (secondary N) is 2. The Labute approximate surface area is 133 Å². The lowest BCUT2D eigenvalue weighted by molar-refractivity contribution is -0.212. The average Bonchev–Trinajstić information content (AvgIpc) is 2.39. The minimum absolute atomic E-state index is 0.0903. The number of carbonyl (C=O) groups is 2. The van der Waals surface area contributed by atoms with Crippen molar-refractivity contribution in [3.63, 3.8) is 0 Å². The number of benzene rings is 1. The van der Waals surface area contributed by atoms with Crippen molar-refractivity contribution in [3.05, 3.63) is 23.3 Å². The fraction of sp³-hybridized carbons (Fsp3) is 0.500. The summed E-state index contributed by atoms with van der Waals surface area (Å²) in [6.45, 7) is 4.77. The Balaban J connectivity index is 2.20. The topological polar surface area (TPSA) is 78.4 Å². The first kappa shape index (κ1) is 17.3. The van der Waals surface area contributed by atoms with E-state index in [4.69, 9.17) is 0 Å². The van der Waals surface area contributed by atoms with Crippen molar-refractivity contribution in [2.24, 2.45) is 0 Å². The standard InChI is InChI=1S/C16H20F2N2O3/c1-9-7-12(8-10(2)13(9)19-11(3)21)20-14(22)16(17,18)15(23)5-4-6-15/h7-8,23H,4-6H2,1-3H3,(H,19,21)(H,20,22). The van der Waals surface area contributed by atoms with E-state index in [1.807, 2.05) is 0 Å². The third kappa shape index (κ3) is 3.19. The van der Waals surface area contributed by atoms with Gasteiger partial charge in [0.1, 0.15) is 5.60 Å². The zero-order chi connectivity index (χ0) is 17.4. The molecule has 0 spiro atoms. The highest BCUT2D eigenvalue weighted by molar-refractivity contribution is 5.98. The van der Waals surface area contributed by atoms with Crippen LogP contribution in [-0.4, -0.2) is 28.4 Å². The highest BCUT2D eigenvalue weighted by atomic mass is 19.3. The smallest absolute Gasteiger partial charge is 0.352 e. The van der Waals surface area contributed by atoms with Gasteiger partial charge in [-0.3, -0.25) is 9.59 Å². The lowest BCUT2D eigenvalue weighted by Gasteiger charge is -2.41. The molecule has 1 aliphatic rings. The van der Waals surface area contributed by atoms with Gasteiger partial charge >= 0.3 is 5.92 Å². The largest absolute Gasteiger partial charge is 0.383 e. The van der Waals surface area contributed by atoms with Gasteiger partial charge in [-0.2, -0.15) is 8.78 Å². The van der Waals surface area contributed by atoms with E-state index in [-0.39, 0.29) is 24.4 Å². The van der Waals surface area contributed by atoms with Crippen molar-refractivity contribution in [1.82, 2.24) is 0 Å². The molecule has 7 heteroatoms. The molecule has 0 radical (unpaired) electrons. The van der Waals surface area contributed by atoms with Gasteiger partial charge in [-0.05, 0) is 56.4 Å². The van der Waals surface area contributed by atoms with Gasteiger partial charge in [-0.15, -0.1) is 0 Å². The van der Waals surface area contributed by atoms with Crippen molar-refractivity contribution >= 4 is 23.2 Å². The second-order valence-corrected chi connectivity index (χ2v) is 6.08. The summed E-state index contributed by atoms with van der Waals surface area (Å²) in [5.41, 5.74) is -0.193. The molecular weight excluding hydrogens is 306 g/mol. The van der Waals surface area contributed by atoms with Crippen LogP contribution in [0.5, 0.6) is 0 Å². The van der Waals surface area contributed by atoms with Crippen molar-refractivity contribution in [3.8, 4) is 0 Å². The lowest BCUT2D eigenvalue weighted by atomic mass is 9.75. The number of hydrogen-bond donors (Lipinski definition) is 3. The maximum absolute atomic E-state index is 14.1. The normalized spacial score (nSPS) is 16.4. The molecule has 0 saturated heterocycles. The van der Waals surface area contributed by atoms with Crippen LogP contribution in [0.15, 0.2) is 12.1 Å². The Bertz CT molecular complexity index is 632. The van der Waals surface area contributed by atoms with Crippen LogP contribution >= 0.6 is 0 Å². The molecule has 0 heterocycles. The lowest BCUT2D eigenvalue weighted by Crippen LogP contribution is -2.59. The van der Waals surface area contributed by atoms with E-state index in [1.165, 1.54) is 19.1 Å². The number of rotatable bonds is 4. The number of carbonyl (C=O) groups excluding carboxylic acids is 2. The second-order valence-electron chi connectivity index (χ2n) is 6.08. The fourth-order valence-electron chi connectivity index (χ4n) is 2.66. The molecule has 23 heavy (non-hydrogen) atoms. The molecule has 0 bridgehead atoms. The van der Waals surface area contributed by atoms with Gasteiger partial charge in [-0.1, -0.05) is 0 Å². The fourth-order valence-corrected chi connectivity index (χ4v) is 2.66. The van der Waals surface area contributed by atoms with E-state index in [0.717, 1.165) is 0 Å². The Morgan fingerprint density at radius 2 is 1.70 bits per heavy atom. The highest BCUT2D eigenvalue weighted by Gasteiger charge is 2.61. The first-order valence-electron chi connectivity index (χ1n) is 7.37. The third-order valence-corrected chi connectivity index (χ3v) is 4.14. The van der Waals surface area contributed by atoms with Gasteiger partial charge in [0.2, 0.25) is 5.91 Å². The van der Waals surface area contributed by atoms with Crippen LogP contribution in [-0.2, 0) is 9.59 Å². The zero-order valence-electron chi connectivity index (χ0n) is 13.3. The maximum atomic E-state index is 14.1. The highest BCUT2D eigenvalue weighted by Crippen LogP contribution is 2.44. The van der Waals surface area contributed by atoms with E-state index >= 15 is 0 Å². The second kappa shape index (κ2) is 5.88. The minimum atomic E-state index is -3.84. The monoisotopic (exact) mass is 326 g/mol. The van der Waals surface area contributed by atoms with E-state index in [2.05, 4.69) is 10.6 Å². The maximum Gasteiger partial charge on any atom is 0.352 e. The van der Waals surface area contributed by atoms with Gasteiger partial charge in [0.25, 0.3) is 5.91 Å². The number of hydrogen-bond acceptors (Lipinski definition) is 3. The predicted octanol–water partition coefficient (Wildman–Crippen LogP) is 2.75. The molecule has 5 nitrogen and oxygen atoms in total. The SMILES string of the molecule is CC(=O)Nc1c(C)cc(NC(=O)C(F)(F)C2(O)CCC2)cc1C. The van der Waals surface area contributed by atoms with Crippen molar-refractivity contribution in [1.29, 1.82) is 0 Å². The summed E-state index contributed by atoms with van der Waals surface area (Å²) >= 11 is 0. The first-order valence-corrected chi connectivity index (χ1v) is 7.37. The molecule has 2 rings (SSSR count). The summed E-state index contributed by atoms with van der Waals surface area (Å²) in [6, 6.07) is 2.99. The number of amides is 2. The van der Waals surface area contributed by atoms with Gasteiger partial charge in [0.15, 0.2) is 0 Å². The van der Waals surface area contributed by atoms with Crippen LogP contribution in [0.2, 0.25) is 0 Å². The molecule has 1 saturated carbocycles. The number of aliphatic hydroxyl groups is 1. The van der Waals surface area contributed by atoms with Gasteiger partial charge in [0.05, 0.1) is 0 Å². The Kier molecular flexibility index (Phi) is 4.43. The van der Waals surface area contributed by atoms with Crippen LogP contribution in [0.3, 0.4) is 0 Å². The van der Waals surface area contributed by atoms with Crippen molar-refractivity contribution in [2.45, 2.75) is 51.6 Å². The van der Waals surface area contributed by atoms with Gasteiger partial charge in [-0.25, -0.2) is 0 Å². The quantitative estimate of drug-likeness (QED) is 0.796. The summed E-state index contributed by atoms with van der Waals surface area (Å²) in [5.74, 6) is -5.61. The Morgan fingerprint density at radius 3 is 2.09 bits per heavy atom. The summed E-state index contributed by atoms with van der Waals surface area (Å²) in [4.78, 5) is 23.0. The van der Waals surface area contributed by atoms with E-state index in [0.29, 0.717) is 23.2 Å². The number of alkyl halides is 2. The van der Waals surface area contributed by atoms with Gasteiger partial charge in [0, 0.05) is 18.3 Å². The molecule has 1 fully saturated rings. The van der Waals surface area contributed by atoms with Crippen LogP contribution in [0.25, 0.3) is 0 Å². The molecule has 126 valence electrons. The molecule has 3 N–H and O–H groups in total. The zero-order valence-corrected chi connectivity index (χ0v) is 13.3. The van der Waals surface area contributed by atoms with Gasteiger partial charge < -0.3 is 15.7 Å². The summed E-state index contributed by atoms with van der Waals surface area (Å²) in [7, 11) is 0. The van der Waals surface area contributed by atoms with E-state index in [1.54, 1.807) is 13.8 Å². The average molecular weight is 326 g/mol. The molecule has 1 aliphatic carbocycles. The molecule has 0 unspecified atom stereocenters. The first-order chi connectivity index (χ1) is 10.6. The third-order valence-electron chi connectivity index (χ3n) is 4.14. The summed E-state index contributed by atoms with van der Waals surface area (Å²) < 4.78 is 28.1. The van der Waals surface area contributed by atoms with Crippen LogP contribution in [0.1, 0.15) is 37.3 Å². The molecule has 0 aromatic heterocycles. The van der Waals surface area contributed by atoms with Crippen LogP contribution in [0, 0.1) is 13.8 Å². The van der Waals surface area contributed by atoms with E-state index in [9.17, 15) is 23.5 Å². The summed E-state index contributed by atoms with van der Waals surface area (Å²) in [5, 5.41) is 14.6. The number of halogens is 2.